The summed E-state index contributed by atoms with van der Waals surface area (Å²) in [6.07, 6.45) is -0.754. The maximum Gasteiger partial charge on any atom is 0.407 e. The second-order valence-corrected chi connectivity index (χ2v) is 14.8. The zero-order valence-electron chi connectivity index (χ0n) is 27.2. The predicted molar refractivity (Wildman–Crippen MR) is 184 cm³/mol. The number of nitrogen functional groups attached to an aromatic ring is 1. The molecule has 15 heteroatoms. The third-order valence-electron chi connectivity index (χ3n) is 7.86. The number of ether oxygens (including phenoxy) is 1. The van der Waals surface area contributed by atoms with Gasteiger partial charge in [-0.25, -0.2) is 26.4 Å². The molecule has 1 aliphatic carbocycles. The van der Waals surface area contributed by atoms with Gasteiger partial charge in [0.15, 0.2) is 0 Å². The van der Waals surface area contributed by atoms with Crippen LogP contribution in [-0.4, -0.2) is 62.6 Å². The number of nitrogens with two attached hydrogens (primary N) is 1. The normalized spacial score (nSPS) is 14.5. The molecule has 1 aromatic heterocycles. The molecule has 0 unspecified atom stereocenters. The fraction of sp³-hybridized carbons (Fsp3) is 0.314. The van der Waals surface area contributed by atoms with Gasteiger partial charge >= 0.3 is 6.09 Å². The summed E-state index contributed by atoms with van der Waals surface area (Å²) < 4.78 is 73.3. The van der Waals surface area contributed by atoms with Crippen LogP contribution in [0.2, 0.25) is 0 Å². The van der Waals surface area contributed by atoms with Crippen molar-refractivity contribution in [2.24, 2.45) is 5.92 Å². The van der Waals surface area contributed by atoms with E-state index in [4.69, 9.17) is 5.73 Å². The molecule has 268 valence electrons. The number of carbonyl (C=O) groups excluding carboxylic acids is 2. The summed E-state index contributed by atoms with van der Waals surface area (Å²) in [5, 5.41) is 15.0. The molecule has 1 heterocycles. The van der Waals surface area contributed by atoms with Crippen molar-refractivity contribution < 1.29 is 41.0 Å². The summed E-state index contributed by atoms with van der Waals surface area (Å²) in [7, 11) is -3.27. The van der Waals surface area contributed by atoms with Gasteiger partial charge in [0.05, 0.1) is 36.9 Å². The van der Waals surface area contributed by atoms with Crippen LogP contribution < -0.4 is 16.4 Å². The first kappa shape index (κ1) is 38.4. The number of hydrogen-bond donors (Lipinski definition) is 4. The fourth-order valence-corrected chi connectivity index (χ4v) is 8.07. The molecule has 0 bridgehead atoms. The monoisotopic (exact) mass is 732 g/mol. The summed E-state index contributed by atoms with van der Waals surface area (Å²) in [6.45, 7) is -1.25. The minimum absolute atomic E-state index is 0.0509. The Morgan fingerprint density at radius 2 is 1.62 bits per heavy atom. The maximum atomic E-state index is 14.1. The molecule has 3 aromatic carbocycles. The topological polar surface area (TPSA) is 151 Å². The molecule has 1 atom stereocenters. The zero-order valence-corrected chi connectivity index (χ0v) is 28.9. The molecule has 1 saturated carbocycles. The molecule has 0 spiro atoms. The average molecular weight is 733 g/mol. The van der Waals surface area contributed by atoms with Gasteiger partial charge in [-0.1, -0.05) is 60.7 Å². The SMILES string of the molecule is COC(=O)NCC(=O)NCc1ccc([C@@H](CO)N(CC2CC(F)(F)C2)S(=O)(=O)c2ccc(N)c(F)c2)s1.c1ccc(Cc2ccccc2)cc1. The van der Waals surface area contributed by atoms with Gasteiger partial charge in [0, 0.05) is 29.1 Å². The number of nitrogens with one attached hydrogen (secondary N) is 2. The van der Waals surface area contributed by atoms with E-state index in [-0.39, 0.29) is 25.3 Å². The van der Waals surface area contributed by atoms with E-state index in [1.165, 1.54) is 11.1 Å². The highest BCUT2D eigenvalue weighted by molar-refractivity contribution is 7.89. The Morgan fingerprint density at radius 1 is 1.00 bits per heavy atom. The Kier molecular flexibility index (Phi) is 13.4. The largest absolute Gasteiger partial charge is 0.453 e. The molecule has 10 nitrogen and oxygen atoms in total. The molecule has 2 amide bonds. The minimum atomic E-state index is -4.43. The summed E-state index contributed by atoms with van der Waals surface area (Å²) in [6, 6.07) is 26.0. The molecule has 0 aliphatic heterocycles. The lowest BCUT2D eigenvalue weighted by Crippen LogP contribution is -2.46. The minimum Gasteiger partial charge on any atom is -0.453 e. The van der Waals surface area contributed by atoms with E-state index >= 15 is 0 Å². The molecular weight excluding hydrogens is 694 g/mol. The van der Waals surface area contributed by atoms with Gasteiger partial charge in [0.1, 0.15) is 12.4 Å². The van der Waals surface area contributed by atoms with Crippen LogP contribution in [0.1, 0.15) is 39.8 Å². The van der Waals surface area contributed by atoms with Crippen molar-refractivity contribution >= 4 is 39.0 Å². The van der Waals surface area contributed by atoms with Crippen LogP contribution in [-0.2, 0) is 32.5 Å². The Balaban J connectivity index is 0.000000358. The fourth-order valence-electron chi connectivity index (χ4n) is 5.26. The standard InChI is InChI=1S/C22H27F3N4O6S2.C13H12/c1-35-21(32)28-10-20(31)27-9-14-2-5-19(36-14)18(12-30)29(11-13-7-22(24,25)8-13)37(33,34)15-3-4-17(26)16(23)6-15;1-3-7-12(8-4-1)11-13-9-5-2-6-10-13/h2-6,13,18,30H,7-12,26H2,1H3,(H,27,31)(H,28,32);1-10H,11H2/t18-;/m1./s1. The number of sulfonamides is 1. The van der Waals surface area contributed by atoms with Crippen LogP contribution in [0.5, 0.6) is 0 Å². The molecular formula is C35H39F3N4O6S2. The molecule has 4 aromatic rings. The number of carbonyl (C=O) groups is 2. The highest BCUT2D eigenvalue weighted by Crippen LogP contribution is 2.44. The number of aliphatic hydroxyl groups excluding tert-OH is 1. The van der Waals surface area contributed by atoms with Gasteiger partial charge in [-0.15, -0.1) is 11.3 Å². The number of nitrogens with zero attached hydrogens (tertiary/aromatic N) is 1. The highest BCUT2D eigenvalue weighted by Gasteiger charge is 2.48. The van der Waals surface area contributed by atoms with E-state index in [0.29, 0.717) is 9.75 Å². The van der Waals surface area contributed by atoms with Crippen LogP contribution in [0.25, 0.3) is 0 Å². The van der Waals surface area contributed by atoms with Crippen molar-refractivity contribution in [1.29, 1.82) is 0 Å². The summed E-state index contributed by atoms with van der Waals surface area (Å²) in [5.74, 6) is -5.00. The summed E-state index contributed by atoms with van der Waals surface area (Å²) in [4.78, 5) is 23.5. The Morgan fingerprint density at radius 3 is 2.16 bits per heavy atom. The molecule has 50 heavy (non-hydrogen) atoms. The number of aliphatic hydroxyl groups is 1. The first-order valence-electron chi connectivity index (χ1n) is 15.6. The number of rotatable bonds is 13. The van der Waals surface area contributed by atoms with Gasteiger partial charge in [0.25, 0.3) is 0 Å². The van der Waals surface area contributed by atoms with Gasteiger partial charge < -0.3 is 26.2 Å². The van der Waals surface area contributed by atoms with E-state index in [9.17, 15) is 36.3 Å². The lowest BCUT2D eigenvalue weighted by molar-refractivity contribution is -0.120. The maximum absolute atomic E-state index is 14.1. The molecule has 5 rings (SSSR count). The van der Waals surface area contributed by atoms with E-state index in [0.717, 1.165) is 47.4 Å². The molecule has 5 N–H and O–H groups in total. The van der Waals surface area contributed by atoms with Crippen LogP contribution >= 0.6 is 11.3 Å². The molecule has 1 fully saturated rings. The van der Waals surface area contributed by atoms with E-state index in [1.807, 2.05) is 0 Å². The number of halogens is 3. The summed E-state index contributed by atoms with van der Waals surface area (Å²) >= 11 is 1.10. The number of methoxy groups -OCH3 is 1. The predicted octanol–water partition coefficient (Wildman–Crippen LogP) is 5.49. The van der Waals surface area contributed by atoms with Crippen LogP contribution in [0.15, 0.2) is 95.9 Å². The second-order valence-electron chi connectivity index (χ2n) is 11.7. The Labute approximate surface area is 293 Å². The van der Waals surface area contributed by atoms with Crippen molar-refractivity contribution in [3.8, 4) is 0 Å². The van der Waals surface area contributed by atoms with Crippen molar-refractivity contribution in [3.05, 3.63) is 118 Å². The van der Waals surface area contributed by atoms with Crippen molar-refractivity contribution in [1.82, 2.24) is 14.9 Å². The molecule has 0 saturated heterocycles. The van der Waals surface area contributed by atoms with Crippen molar-refractivity contribution in [2.45, 2.75) is 42.7 Å². The number of hydrogen-bond acceptors (Lipinski definition) is 8. The summed E-state index contributed by atoms with van der Waals surface area (Å²) in [5.41, 5.74) is 7.94. The number of amides is 2. The Bertz CT molecular complexity index is 1780. The quantitative estimate of drug-likeness (QED) is 0.133. The van der Waals surface area contributed by atoms with Crippen LogP contribution in [0, 0.1) is 11.7 Å². The third kappa shape index (κ3) is 10.8. The lowest BCUT2D eigenvalue weighted by atomic mass is 9.81. The Hall–Kier alpha value is -4.44. The smallest absolute Gasteiger partial charge is 0.407 e. The molecule has 0 radical (unpaired) electrons. The van der Waals surface area contributed by atoms with E-state index < -0.39 is 70.1 Å². The first-order valence-corrected chi connectivity index (χ1v) is 17.9. The molecule has 1 aliphatic rings. The third-order valence-corrected chi connectivity index (χ3v) is 10.9. The van der Waals surface area contributed by atoms with Crippen LogP contribution in [0.4, 0.5) is 23.7 Å². The van der Waals surface area contributed by atoms with Crippen molar-refractivity contribution in [3.63, 3.8) is 0 Å². The van der Waals surface area contributed by atoms with Gasteiger partial charge in [-0.05, 0) is 53.8 Å². The number of anilines is 1. The van der Waals surface area contributed by atoms with Gasteiger partial charge in [0.2, 0.25) is 21.9 Å². The average Bonchev–Trinajstić information content (AvgIpc) is 3.56. The van der Waals surface area contributed by atoms with Gasteiger partial charge in [-0.2, -0.15) is 4.31 Å². The number of thiophene rings is 1. The lowest BCUT2D eigenvalue weighted by Gasteiger charge is -2.39. The van der Waals surface area contributed by atoms with E-state index in [1.54, 1.807) is 12.1 Å². The number of benzene rings is 3. The second kappa shape index (κ2) is 17.5. The zero-order chi connectivity index (χ0) is 36.3. The van der Waals surface area contributed by atoms with Gasteiger partial charge in [-0.3, -0.25) is 4.79 Å². The first-order chi connectivity index (χ1) is 23.8. The highest BCUT2D eigenvalue weighted by atomic mass is 32.2. The number of alkyl carbamates (subject to hydrolysis) is 1. The number of alkyl halides is 2. The van der Waals surface area contributed by atoms with Crippen LogP contribution in [0.3, 0.4) is 0 Å². The van der Waals surface area contributed by atoms with E-state index in [2.05, 4.69) is 76.0 Å². The van der Waals surface area contributed by atoms with Crippen molar-refractivity contribution in [2.75, 3.05) is 32.5 Å².